The molecule has 0 aliphatic carbocycles. The molecule has 0 radical (unpaired) electrons. The zero-order chi connectivity index (χ0) is 16.9. The fourth-order valence-electron chi connectivity index (χ4n) is 2.40. The fraction of sp³-hybridized carbons (Fsp3) is 0.529. The van der Waals surface area contributed by atoms with Gasteiger partial charge in [-0.05, 0) is 68.1 Å². The highest BCUT2D eigenvalue weighted by atomic mass is 32.2. The molecule has 1 heterocycles. The molecule has 0 saturated heterocycles. The molecule has 0 aliphatic heterocycles. The van der Waals surface area contributed by atoms with Gasteiger partial charge in [0.15, 0.2) is 0 Å². The van der Waals surface area contributed by atoms with E-state index in [2.05, 4.69) is 40.5 Å². The van der Waals surface area contributed by atoms with E-state index in [0.717, 1.165) is 31.5 Å². The number of anilines is 1. The van der Waals surface area contributed by atoms with Crippen LogP contribution in [0.15, 0.2) is 23.6 Å². The SMILES string of the molecule is Cc1cc(NCCCCCNS(=O)(=O)C(C)C)cc2ccsc12. The Morgan fingerprint density at radius 2 is 1.87 bits per heavy atom. The van der Waals surface area contributed by atoms with Crippen LogP contribution in [0.4, 0.5) is 5.69 Å². The number of benzene rings is 1. The Bertz CT molecular complexity index is 736. The van der Waals surface area contributed by atoms with Crippen molar-refractivity contribution in [3.63, 3.8) is 0 Å². The van der Waals surface area contributed by atoms with Crippen molar-refractivity contribution in [2.75, 3.05) is 18.4 Å². The van der Waals surface area contributed by atoms with E-state index >= 15 is 0 Å². The molecule has 0 unspecified atom stereocenters. The van der Waals surface area contributed by atoms with E-state index in [1.165, 1.54) is 15.6 Å². The molecule has 1 aromatic heterocycles. The summed E-state index contributed by atoms with van der Waals surface area (Å²) in [6, 6.07) is 6.53. The maximum absolute atomic E-state index is 11.6. The number of rotatable bonds is 9. The van der Waals surface area contributed by atoms with Gasteiger partial charge in [-0.1, -0.05) is 6.42 Å². The summed E-state index contributed by atoms with van der Waals surface area (Å²) in [7, 11) is -3.12. The van der Waals surface area contributed by atoms with Gasteiger partial charge in [0.05, 0.1) is 5.25 Å². The number of sulfonamides is 1. The lowest BCUT2D eigenvalue weighted by Gasteiger charge is -2.10. The van der Waals surface area contributed by atoms with Crippen molar-refractivity contribution in [1.29, 1.82) is 0 Å². The quantitative estimate of drug-likeness (QED) is 0.666. The van der Waals surface area contributed by atoms with Crippen molar-refractivity contribution >= 4 is 37.1 Å². The summed E-state index contributed by atoms with van der Waals surface area (Å²) in [5.74, 6) is 0. The molecule has 2 N–H and O–H groups in total. The van der Waals surface area contributed by atoms with Crippen LogP contribution in [0.1, 0.15) is 38.7 Å². The molecular weight excluding hydrogens is 328 g/mol. The first-order valence-electron chi connectivity index (χ1n) is 8.10. The predicted octanol–water partition coefficient (Wildman–Crippen LogP) is 4.12. The molecule has 0 aliphatic rings. The van der Waals surface area contributed by atoms with Gasteiger partial charge in [0.1, 0.15) is 0 Å². The third kappa shape index (κ3) is 5.19. The second-order valence-electron chi connectivity index (χ2n) is 6.11. The average Bonchev–Trinajstić information content (AvgIpc) is 2.95. The van der Waals surface area contributed by atoms with Crippen LogP contribution < -0.4 is 10.0 Å². The number of hydrogen-bond donors (Lipinski definition) is 2. The second kappa shape index (κ2) is 8.13. The molecule has 1 aromatic carbocycles. The lowest BCUT2D eigenvalue weighted by Crippen LogP contribution is -2.31. The first-order valence-corrected chi connectivity index (χ1v) is 10.5. The Morgan fingerprint density at radius 1 is 1.13 bits per heavy atom. The first-order chi connectivity index (χ1) is 10.9. The normalized spacial score (nSPS) is 12.2. The summed E-state index contributed by atoms with van der Waals surface area (Å²) in [4.78, 5) is 0. The van der Waals surface area contributed by atoms with E-state index in [-0.39, 0.29) is 5.25 Å². The van der Waals surface area contributed by atoms with Crippen LogP contribution in [-0.2, 0) is 10.0 Å². The van der Waals surface area contributed by atoms with Crippen molar-refractivity contribution in [3.8, 4) is 0 Å². The van der Waals surface area contributed by atoms with E-state index in [1.54, 1.807) is 25.2 Å². The smallest absolute Gasteiger partial charge is 0.213 e. The first kappa shape index (κ1) is 18.2. The van der Waals surface area contributed by atoms with E-state index in [1.807, 2.05) is 0 Å². The standard InChI is InChI=1S/C17H26N2O2S2/c1-13(2)23(20,21)19-9-6-4-5-8-18-16-11-14(3)17-15(12-16)7-10-22-17/h7,10-13,18-19H,4-6,8-9H2,1-3H3. The molecular formula is C17H26N2O2S2. The second-order valence-corrected chi connectivity index (χ2v) is 9.35. The van der Waals surface area contributed by atoms with Gasteiger partial charge in [-0.3, -0.25) is 0 Å². The van der Waals surface area contributed by atoms with Gasteiger partial charge in [-0.25, -0.2) is 13.1 Å². The van der Waals surface area contributed by atoms with Crippen LogP contribution in [0.3, 0.4) is 0 Å². The maximum atomic E-state index is 11.6. The fourth-order valence-corrected chi connectivity index (χ4v) is 4.02. The van der Waals surface area contributed by atoms with Gasteiger partial charge in [-0.15, -0.1) is 11.3 Å². The predicted molar refractivity (Wildman–Crippen MR) is 101 cm³/mol. The van der Waals surface area contributed by atoms with Gasteiger partial charge in [0.2, 0.25) is 10.0 Å². The molecule has 6 heteroatoms. The third-order valence-corrected chi connectivity index (χ3v) is 6.76. The van der Waals surface area contributed by atoms with Crippen LogP contribution in [0, 0.1) is 6.92 Å². The zero-order valence-electron chi connectivity index (χ0n) is 14.1. The Labute approximate surface area is 143 Å². The minimum atomic E-state index is -3.12. The summed E-state index contributed by atoms with van der Waals surface area (Å²) in [6.45, 7) is 6.97. The van der Waals surface area contributed by atoms with Crippen LogP contribution in [0.25, 0.3) is 10.1 Å². The van der Waals surface area contributed by atoms with Crippen LogP contribution >= 0.6 is 11.3 Å². The highest BCUT2D eigenvalue weighted by molar-refractivity contribution is 7.90. The largest absolute Gasteiger partial charge is 0.385 e. The molecule has 0 saturated carbocycles. The summed E-state index contributed by atoms with van der Waals surface area (Å²) >= 11 is 1.78. The van der Waals surface area contributed by atoms with Crippen LogP contribution in [0.2, 0.25) is 0 Å². The highest BCUT2D eigenvalue weighted by Crippen LogP contribution is 2.28. The molecule has 2 aromatic rings. The van der Waals surface area contributed by atoms with Crippen LogP contribution in [0.5, 0.6) is 0 Å². The molecule has 4 nitrogen and oxygen atoms in total. The van der Waals surface area contributed by atoms with E-state index in [9.17, 15) is 8.42 Å². The van der Waals surface area contributed by atoms with Crippen molar-refractivity contribution in [2.45, 2.75) is 45.3 Å². The number of fused-ring (bicyclic) bond motifs is 1. The van der Waals surface area contributed by atoms with Crippen molar-refractivity contribution in [3.05, 3.63) is 29.1 Å². The van der Waals surface area contributed by atoms with Gasteiger partial charge < -0.3 is 5.32 Å². The van der Waals surface area contributed by atoms with Gasteiger partial charge >= 0.3 is 0 Å². The molecule has 2 rings (SSSR count). The Balaban J connectivity index is 1.67. The number of hydrogen-bond acceptors (Lipinski definition) is 4. The lowest BCUT2D eigenvalue weighted by molar-refractivity contribution is 0.566. The lowest BCUT2D eigenvalue weighted by atomic mass is 10.1. The van der Waals surface area contributed by atoms with Gasteiger partial charge in [0, 0.05) is 23.5 Å². The summed E-state index contributed by atoms with van der Waals surface area (Å²) in [6.07, 6.45) is 2.91. The summed E-state index contributed by atoms with van der Waals surface area (Å²) < 4.78 is 27.2. The van der Waals surface area contributed by atoms with Crippen molar-refractivity contribution in [2.24, 2.45) is 0 Å². The number of unbranched alkanes of at least 4 members (excludes halogenated alkanes) is 2. The Morgan fingerprint density at radius 3 is 2.61 bits per heavy atom. The highest BCUT2D eigenvalue weighted by Gasteiger charge is 2.13. The van der Waals surface area contributed by atoms with Gasteiger partial charge in [0.25, 0.3) is 0 Å². The molecule has 0 fully saturated rings. The average molecular weight is 355 g/mol. The Hall–Kier alpha value is -1.11. The van der Waals surface area contributed by atoms with Crippen LogP contribution in [-0.4, -0.2) is 26.8 Å². The van der Waals surface area contributed by atoms with Crippen molar-refractivity contribution < 1.29 is 8.42 Å². The minimum absolute atomic E-state index is 0.362. The molecule has 23 heavy (non-hydrogen) atoms. The Kier molecular flexibility index (Phi) is 6.44. The molecule has 0 bridgehead atoms. The molecule has 0 atom stereocenters. The molecule has 0 spiro atoms. The third-order valence-electron chi connectivity index (χ3n) is 3.84. The number of nitrogens with one attached hydrogen (secondary N) is 2. The zero-order valence-corrected chi connectivity index (χ0v) is 15.7. The molecule has 0 amide bonds. The van der Waals surface area contributed by atoms with E-state index in [4.69, 9.17) is 0 Å². The monoisotopic (exact) mass is 354 g/mol. The minimum Gasteiger partial charge on any atom is -0.385 e. The topological polar surface area (TPSA) is 58.2 Å². The van der Waals surface area contributed by atoms with Crippen molar-refractivity contribution in [1.82, 2.24) is 4.72 Å². The number of aryl methyl sites for hydroxylation is 1. The molecule has 128 valence electrons. The maximum Gasteiger partial charge on any atom is 0.213 e. The van der Waals surface area contributed by atoms with E-state index in [0.29, 0.717) is 6.54 Å². The summed E-state index contributed by atoms with van der Waals surface area (Å²) in [5, 5.41) is 6.51. The van der Waals surface area contributed by atoms with E-state index < -0.39 is 10.0 Å². The number of thiophene rings is 1. The summed E-state index contributed by atoms with van der Waals surface area (Å²) in [5.41, 5.74) is 2.47. The van der Waals surface area contributed by atoms with Gasteiger partial charge in [-0.2, -0.15) is 0 Å².